The molecule has 3 amide bonds. The van der Waals surface area contributed by atoms with E-state index in [0.29, 0.717) is 23.3 Å². The first kappa shape index (κ1) is 18.2. The van der Waals surface area contributed by atoms with Gasteiger partial charge in [0.05, 0.1) is 11.9 Å². The van der Waals surface area contributed by atoms with Gasteiger partial charge in [0, 0.05) is 27.1 Å². The molecular formula is C18H28N4O2. The number of anilines is 2. The van der Waals surface area contributed by atoms with Crippen LogP contribution in [0.3, 0.4) is 0 Å². The van der Waals surface area contributed by atoms with Crippen molar-refractivity contribution in [3.05, 3.63) is 18.3 Å². The van der Waals surface area contributed by atoms with Crippen LogP contribution in [-0.4, -0.2) is 42.0 Å². The summed E-state index contributed by atoms with van der Waals surface area (Å²) in [5.74, 6) is 1.85. The average Bonchev–Trinajstić information content (AvgIpc) is 2.81. The van der Waals surface area contributed by atoms with Crippen LogP contribution in [0, 0.1) is 11.8 Å². The van der Waals surface area contributed by atoms with Crippen LogP contribution in [-0.2, 0) is 4.79 Å². The molecule has 0 aromatic carbocycles. The molecule has 0 bridgehead atoms. The van der Waals surface area contributed by atoms with E-state index in [4.69, 9.17) is 0 Å². The highest BCUT2D eigenvalue weighted by Gasteiger charge is 2.22. The molecule has 0 aliphatic carbocycles. The minimum absolute atomic E-state index is 0.0751. The fourth-order valence-corrected chi connectivity index (χ4v) is 3.01. The van der Waals surface area contributed by atoms with Crippen molar-refractivity contribution in [3.63, 3.8) is 0 Å². The quantitative estimate of drug-likeness (QED) is 0.923. The summed E-state index contributed by atoms with van der Waals surface area (Å²) in [6.07, 6.45) is 4.89. The van der Waals surface area contributed by atoms with Gasteiger partial charge in [-0.1, -0.05) is 13.8 Å². The minimum Gasteiger partial charge on any atom is -0.325 e. The summed E-state index contributed by atoms with van der Waals surface area (Å²) in [5.41, 5.74) is 0.644. The van der Waals surface area contributed by atoms with Crippen LogP contribution in [0.15, 0.2) is 18.3 Å². The summed E-state index contributed by atoms with van der Waals surface area (Å²) < 4.78 is 0. The van der Waals surface area contributed by atoms with Crippen molar-refractivity contribution in [3.8, 4) is 0 Å². The van der Waals surface area contributed by atoms with Gasteiger partial charge in [-0.3, -0.25) is 4.79 Å². The minimum atomic E-state index is -0.0800. The molecular weight excluding hydrogens is 304 g/mol. The Morgan fingerprint density at radius 1 is 1.29 bits per heavy atom. The first-order valence-corrected chi connectivity index (χ1v) is 8.64. The molecule has 1 atom stereocenters. The van der Waals surface area contributed by atoms with Crippen molar-refractivity contribution in [1.29, 1.82) is 0 Å². The second-order valence-corrected chi connectivity index (χ2v) is 6.84. The van der Waals surface area contributed by atoms with E-state index >= 15 is 0 Å². The topological polar surface area (TPSA) is 65.5 Å². The molecule has 1 fully saturated rings. The lowest BCUT2D eigenvalue weighted by atomic mass is 9.89. The lowest BCUT2D eigenvalue weighted by Gasteiger charge is -2.22. The Kier molecular flexibility index (Phi) is 6.17. The van der Waals surface area contributed by atoms with Gasteiger partial charge in [0.2, 0.25) is 5.91 Å². The third-order valence-corrected chi connectivity index (χ3v) is 4.82. The van der Waals surface area contributed by atoms with Crippen LogP contribution in [0.2, 0.25) is 0 Å². The Morgan fingerprint density at radius 2 is 2.04 bits per heavy atom. The molecule has 1 aromatic heterocycles. The molecule has 1 aliphatic rings. The summed E-state index contributed by atoms with van der Waals surface area (Å²) in [6, 6.07) is 3.43. The lowest BCUT2D eigenvalue weighted by Crippen LogP contribution is -2.35. The normalized spacial score (nSPS) is 18.2. The Bertz CT molecular complexity index is 571. The molecule has 6 nitrogen and oxygen atoms in total. The van der Waals surface area contributed by atoms with Gasteiger partial charge in [-0.05, 0) is 43.2 Å². The number of aromatic nitrogens is 1. The Hall–Kier alpha value is -2.11. The van der Waals surface area contributed by atoms with Crippen molar-refractivity contribution >= 4 is 23.4 Å². The number of hydrogen-bond donors (Lipinski definition) is 1. The fraction of sp³-hybridized carbons (Fsp3) is 0.611. The maximum atomic E-state index is 12.4. The second kappa shape index (κ2) is 8.13. The maximum Gasteiger partial charge on any atom is 0.321 e. The summed E-state index contributed by atoms with van der Waals surface area (Å²) >= 11 is 0. The molecule has 2 rings (SSSR count). The lowest BCUT2D eigenvalue weighted by molar-refractivity contribution is -0.116. The first-order valence-electron chi connectivity index (χ1n) is 8.64. The highest BCUT2D eigenvalue weighted by atomic mass is 16.2. The van der Waals surface area contributed by atoms with Crippen LogP contribution >= 0.6 is 0 Å². The van der Waals surface area contributed by atoms with E-state index in [-0.39, 0.29) is 11.9 Å². The molecule has 1 aliphatic heterocycles. The molecule has 0 radical (unpaired) electrons. The van der Waals surface area contributed by atoms with Crippen LogP contribution < -0.4 is 10.2 Å². The van der Waals surface area contributed by atoms with Crippen LogP contribution in [0.4, 0.5) is 16.3 Å². The second-order valence-electron chi connectivity index (χ2n) is 6.84. The standard InChI is InChI=1S/C18H28N4O2/c1-13(2)15-6-5-10-22(11-9-15)18(24)20-16-7-8-17(19-12-16)21(4)14(3)23/h7-8,12-13,15H,5-6,9-11H2,1-4H3,(H,20,24). The van der Waals surface area contributed by atoms with Crippen molar-refractivity contribution in [2.24, 2.45) is 11.8 Å². The molecule has 1 aromatic rings. The predicted molar refractivity (Wildman–Crippen MR) is 96.1 cm³/mol. The van der Waals surface area contributed by atoms with Gasteiger partial charge in [-0.25, -0.2) is 9.78 Å². The van der Waals surface area contributed by atoms with Gasteiger partial charge in [-0.2, -0.15) is 0 Å². The molecule has 6 heteroatoms. The van der Waals surface area contributed by atoms with Gasteiger partial charge >= 0.3 is 6.03 Å². The van der Waals surface area contributed by atoms with Crippen LogP contribution in [0.5, 0.6) is 0 Å². The molecule has 24 heavy (non-hydrogen) atoms. The van der Waals surface area contributed by atoms with E-state index in [9.17, 15) is 9.59 Å². The van der Waals surface area contributed by atoms with E-state index in [1.54, 1.807) is 25.4 Å². The van der Waals surface area contributed by atoms with Crippen molar-refractivity contribution in [2.75, 3.05) is 30.4 Å². The maximum absolute atomic E-state index is 12.4. The van der Waals surface area contributed by atoms with Gasteiger partial charge in [-0.15, -0.1) is 0 Å². The molecule has 1 saturated heterocycles. The fourth-order valence-electron chi connectivity index (χ4n) is 3.01. The van der Waals surface area contributed by atoms with Crippen molar-refractivity contribution < 1.29 is 9.59 Å². The number of carbonyl (C=O) groups is 2. The van der Waals surface area contributed by atoms with Crippen molar-refractivity contribution in [1.82, 2.24) is 9.88 Å². The van der Waals surface area contributed by atoms with E-state index in [2.05, 4.69) is 24.1 Å². The molecule has 0 saturated carbocycles. The Labute approximate surface area is 144 Å². The van der Waals surface area contributed by atoms with E-state index in [0.717, 1.165) is 25.9 Å². The highest BCUT2D eigenvalue weighted by molar-refractivity contribution is 5.91. The summed E-state index contributed by atoms with van der Waals surface area (Å²) in [6.45, 7) is 7.60. The molecule has 2 heterocycles. The van der Waals surface area contributed by atoms with Gasteiger partial charge in [0.15, 0.2) is 0 Å². The SMILES string of the molecule is CC(=O)N(C)c1ccc(NC(=O)N2CCCC(C(C)C)CC2)cn1. The van der Waals surface area contributed by atoms with Gasteiger partial charge in [0.1, 0.15) is 5.82 Å². The Balaban J connectivity index is 1.93. The number of nitrogens with one attached hydrogen (secondary N) is 1. The average molecular weight is 332 g/mol. The zero-order valence-electron chi connectivity index (χ0n) is 15.1. The number of hydrogen-bond acceptors (Lipinski definition) is 3. The molecule has 1 N–H and O–H groups in total. The van der Waals surface area contributed by atoms with E-state index in [1.807, 2.05) is 4.90 Å². The summed E-state index contributed by atoms with van der Waals surface area (Å²) in [7, 11) is 1.67. The first-order chi connectivity index (χ1) is 11.4. The number of amides is 3. The number of carbonyl (C=O) groups excluding carboxylic acids is 2. The van der Waals surface area contributed by atoms with Crippen LogP contribution in [0.1, 0.15) is 40.0 Å². The highest BCUT2D eigenvalue weighted by Crippen LogP contribution is 2.25. The van der Waals surface area contributed by atoms with E-state index < -0.39 is 0 Å². The third kappa shape index (κ3) is 4.69. The van der Waals surface area contributed by atoms with Crippen molar-refractivity contribution in [2.45, 2.75) is 40.0 Å². The largest absolute Gasteiger partial charge is 0.325 e. The van der Waals surface area contributed by atoms with Gasteiger partial charge < -0.3 is 15.1 Å². The molecule has 1 unspecified atom stereocenters. The number of urea groups is 1. The summed E-state index contributed by atoms with van der Waals surface area (Å²) in [4.78, 5) is 31.4. The number of rotatable bonds is 3. The van der Waals surface area contributed by atoms with E-state index in [1.165, 1.54) is 18.2 Å². The number of nitrogens with zero attached hydrogens (tertiary/aromatic N) is 3. The zero-order chi connectivity index (χ0) is 17.7. The number of likely N-dealkylation sites (tertiary alicyclic amines) is 1. The predicted octanol–water partition coefficient (Wildman–Crippen LogP) is 3.35. The third-order valence-electron chi connectivity index (χ3n) is 4.82. The summed E-state index contributed by atoms with van der Waals surface area (Å²) in [5, 5.41) is 2.90. The van der Waals surface area contributed by atoms with Gasteiger partial charge in [0.25, 0.3) is 0 Å². The zero-order valence-corrected chi connectivity index (χ0v) is 15.1. The molecule has 132 valence electrons. The molecule has 0 spiro atoms. The smallest absolute Gasteiger partial charge is 0.321 e. The number of pyridine rings is 1. The Morgan fingerprint density at radius 3 is 2.62 bits per heavy atom. The monoisotopic (exact) mass is 332 g/mol. The van der Waals surface area contributed by atoms with Crippen LogP contribution in [0.25, 0.3) is 0 Å².